The quantitative estimate of drug-likeness (QED) is 0.733. The lowest BCUT2D eigenvalue weighted by molar-refractivity contribution is 0.567. The lowest BCUT2D eigenvalue weighted by Crippen LogP contribution is -2.18. The number of nitrogens with one attached hydrogen (secondary N) is 1. The van der Waals surface area contributed by atoms with Crippen LogP contribution in [0.4, 0.5) is 0 Å². The fourth-order valence-electron chi connectivity index (χ4n) is 2.30. The van der Waals surface area contributed by atoms with Crippen LogP contribution in [-0.4, -0.2) is 9.38 Å². The Morgan fingerprint density at radius 1 is 1.24 bits per heavy atom. The Hall–Kier alpha value is -1.36. The maximum Gasteiger partial charge on any atom is 0.137 e. The molecular weight excluding hydrogens is 350 g/mol. The molecule has 0 unspecified atom stereocenters. The van der Waals surface area contributed by atoms with E-state index < -0.39 is 0 Å². The van der Waals surface area contributed by atoms with Crippen molar-refractivity contribution < 1.29 is 0 Å². The average Bonchev–Trinajstić information content (AvgIpc) is 2.87. The molecule has 0 saturated carbocycles. The predicted molar refractivity (Wildman–Crippen MR) is 89.6 cm³/mol. The van der Waals surface area contributed by atoms with Crippen molar-refractivity contribution in [1.29, 1.82) is 0 Å². The minimum atomic E-state index is 0.244. The van der Waals surface area contributed by atoms with E-state index in [2.05, 4.69) is 45.3 Å². The Labute approximate surface area is 137 Å². The van der Waals surface area contributed by atoms with Gasteiger partial charge in [0, 0.05) is 29.5 Å². The van der Waals surface area contributed by atoms with Crippen LogP contribution in [0, 0.1) is 0 Å². The maximum atomic E-state index is 5.98. The molecule has 0 fully saturated rings. The summed E-state index contributed by atoms with van der Waals surface area (Å²) in [6.07, 6.45) is 3.87. The van der Waals surface area contributed by atoms with E-state index in [4.69, 9.17) is 11.6 Å². The molecule has 5 heteroatoms. The molecule has 0 radical (unpaired) electrons. The molecule has 3 nitrogen and oxygen atoms in total. The van der Waals surface area contributed by atoms with E-state index in [1.807, 2.05) is 41.1 Å². The zero-order chi connectivity index (χ0) is 14.8. The number of fused-ring (bicyclic) bond motifs is 1. The van der Waals surface area contributed by atoms with Crippen LogP contribution in [0.2, 0.25) is 5.02 Å². The third-order valence-corrected chi connectivity index (χ3v) is 4.37. The van der Waals surface area contributed by atoms with Gasteiger partial charge in [0.2, 0.25) is 0 Å². The Morgan fingerprint density at radius 2 is 2.05 bits per heavy atom. The van der Waals surface area contributed by atoms with Crippen LogP contribution >= 0.6 is 27.5 Å². The smallest absolute Gasteiger partial charge is 0.137 e. The molecule has 0 aliphatic rings. The summed E-state index contributed by atoms with van der Waals surface area (Å²) in [6.45, 7) is 2.86. The van der Waals surface area contributed by atoms with E-state index in [1.165, 1.54) is 5.56 Å². The lowest BCUT2D eigenvalue weighted by atomic mass is 10.1. The van der Waals surface area contributed by atoms with Crippen molar-refractivity contribution in [3.8, 4) is 0 Å². The summed E-state index contributed by atoms with van der Waals surface area (Å²) in [6, 6.07) is 12.3. The Balaban J connectivity index is 1.73. The first-order chi connectivity index (χ1) is 10.1. The van der Waals surface area contributed by atoms with Gasteiger partial charge in [-0.1, -0.05) is 45.7 Å². The zero-order valence-corrected chi connectivity index (χ0v) is 13.9. The zero-order valence-electron chi connectivity index (χ0n) is 11.6. The van der Waals surface area contributed by atoms with Gasteiger partial charge >= 0.3 is 0 Å². The van der Waals surface area contributed by atoms with Crippen LogP contribution in [0.5, 0.6) is 0 Å². The summed E-state index contributed by atoms with van der Waals surface area (Å²) < 4.78 is 3.06. The van der Waals surface area contributed by atoms with Gasteiger partial charge < -0.3 is 9.72 Å². The number of imidazole rings is 1. The number of halogens is 2. The van der Waals surface area contributed by atoms with Crippen molar-refractivity contribution in [2.75, 3.05) is 0 Å². The SMILES string of the molecule is C[C@H](NCc1cn2cc(Cl)ccc2n1)c1ccccc1Br. The third-order valence-electron chi connectivity index (χ3n) is 3.43. The van der Waals surface area contributed by atoms with Crippen LogP contribution in [0.1, 0.15) is 24.2 Å². The van der Waals surface area contributed by atoms with E-state index in [9.17, 15) is 0 Å². The van der Waals surface area contributed by atoms with Crippen molar-refractivity contribution >= 4 is 33.2 Å². The van der Waals surface area contributed by atoms with Gasteiger partial charge in [-0.15, -0.1) is 0 Å². The monoisotopic (exact) mass is 363 g/mol. The summed E-state index contributed by atoms with van der Waals surface area (Å²) in [5.41, 5.74) is 3.14. The molecule has 3 rings (SSSR count). The highest BCUT2D eigenvalue weighted by atomic mass is 79.9. The van der Waals surface area contributed by atoms with Crippen LogP contribution in [0.15, 0.2) is 53.3 Å². The second-order valence-corrected chi connectivity index (χ2v) is 6.26. The number of rotatable bonds is 4. The van der Waals surface area contributed by atoms with Gasteiger partial charge in [-0.3, -0.25) is 0 Å². The second kappa shape index (κ2) is 6.18. The number of aromatic nitrogens is 2. The highest BCUT2D eigenvalue weighted by molar-refractivity contribution is 9.10. The van der Waals surface area contributed by atoms with Crippen molar-refractivity contribution in [3.05, 3.63) is 69.5 Å². The van der Waals surface area contributed by atoms with Crippen LogP contribution in [0.3, 0.4) is 0 Å². The molecule has 1 aromatic carbocycles. The Morgan fingerprint density at radius 3 is 2.86 bits per heavy atom. The molecule has 0 saturated heterocycles. The van der Waals surface area contributed by atoms with Crippen molar-refractivity contribution in [1.82, 2.24) is 14.7 Å². The molecule has 3 aromatic rings. The standard InChI is InChI=1S/C16H15BrClN3/c1-11(14-4-2-3-5-15(14)17)19-8-13-10-21-9-12(18)6-7-16(21)20-13/h2-7,9-11,19H,8H2,1H3/t11-/m0/s1. The minimum Gasteiger partial charge on any atom is -0.305 e. The minimum absolute atomic E-state index is 0.244. The normalized spacial score (nSPS) is 12.7. The number of pyridine rings is 1. The van der Waals surface area contributed by atoms with Gasteiger partial charge in [-0.05, 0) is 30.7 Å². The topological polar surface area (TPSA) is 29.3 Å². The molecule has 1 N–H and O–H groups in total. The summed E-state index contributed by atoms with van der Waals surface area (Å²) in [4.78, 5) is 4.57. The maximum absolute atomic E-state index is 5.98. The van der Waals surface area contributed by atoms with E-state index in [0.29, 0.717) is 11.6 Å². The molecule has 0 aliphatic heterocycles. The molecule has 0 spiro atoms. The summed E-state index contributed by atoms with van der Waals surface area (Å²) >= 11 is 9.57. The van der Waals surface area contributed by atoms with Crippen molar-refractivity contribution in [2.24, 2.45) is 0 Å². The van der Waals surface area contributed by atoms with Gasteiger partial charge in [0.15, 0.2) is 0 Å². The summed E-state index contributed by atoms with van der Waals surface area (Å²) in [5.74, 6) is 0. The molecule has 0 bridgehead atoms. The van der Waals surface area contributed by atoms with Gasteiger partial charge in [-0.25, -0.2) is 4.98 Å². The lowest BCUT2D eigenvalue weighted by Gasteiger charge is -2.14. The molecule has 2 aromatic heterocycles. The van der Waals surface area contributed by atoms with E-state index >= 15 is 0 Å². The highest BCUT2D eigenvalue weighted by Crippen LogP contribution is 2.23. The van der Waals surface area contributed by atoms with Crippen LogP contribution in [-0.2, 0) is 6.54 Å². The number of hydrogen-bond acceptors (Lipinski definition) is 2. The van der Waals surface area contributed by atoms with E-state index in [1.54, 1.807) is 0 Å². The predicted octanol–water partition coefficient (Wildman–Crippen LogP) is 4.60. The molecular formula is C16H15BrClN3. The summed E-state index contributed by atoms with van der Waals surface area (Å²) in [5, 5.41) is 4.20. The summed E-state index contributed by atoms with van der Waals surface area (Å²) in [7, 11) is 0. The van der Waals surface area contributed by atoms with Crippen LogP contribution in [0.25, 0.3) is 5.65 Å². The van der Waals surface area contributed by atoms with Gasteiger partial charge in [-0.2, -0.15) is 0 Å². The number of benzene rings is 1. The molecule has 0 aliphatic carbocycles. The third kappa shape index (κ3) is 3.28. The first kappa shape index (κ1) is 14.6. The van der Waals surface area contributed by atoms with E-state index in [0.717, 1.165) is 15.8 Å². The molecule has 108 valence electrons. The first-order valence-electron chi connectivity index (χ1n) is 6.74. The second-order valence-electron chi connectivity index (χ2n) is 4.97. The number of hydrogen-bond donors (Lipinski definition) is 1. The molecule has 2 heterocycles. The van der Waals surface area contributed by atoms with Crippen molar-refractivity contribution in [3.63, 3.8) is 0 Å². The Kier molecular flexibility index (Phi) is 4.29. The van der Waals surface area contributed by atoms with Gasteiger partial charge in [0.1, 0.15) is 5.65 Å². The van der Waals surface area contributed by atoms with Crippen molar-refractivity contribution in [2.45, 2.75) is 19.5 Å². The Bertz CT molecular complexity index is 769. The highest BCUT2D eigenvalue weighted by Gasteiger charge is 2.09. The molecule has 1 atom stereocenters. The average molecular weight is 365 g/mol. The number of nitrogens with zero attached hydrogens (tertiary/aromatic N) is 2. The molecule has 21 heavy (non-hydrogen) atoms. The largest absolute Gasteiger partial charge is 0.305 e. The fourth-order valence-corrected chi connectivity index (χ4v) is 3.09. The molecule has 0 amide bonds. The first-order valence-corrected chi connectivity index (χ1v) is 7.91. The fraction of sp³-hybridized carbons (Fsp3) is 0.188. The van der Waals surface area contributed by atoms with Gasteiger partial charge in [0.05, 0.1) is 10.7 Å². The van der Waals surface area contributed by atoms with Gasteiger partial charge in [0.25, 0.3) is 0 Å². The van der Waals surface area contributed by atoms with Crippen LogP contribution < -0.4 is 5.32 Å². The van der Waals surface area contributed by atoms with E-state index in [-0.39, 0.29) is 6.04 Å².